The number of fused-ring (bicyclic) bond motifs is 1. The number of carboxylic acid groups (broad SMARTS) is 1. The monoisotopic (exact) mass is 422 g/mol. The van der Waals surface area contributed by atoms with Crippen LogP contribution in [0.2, 0.25) is 0 Å². The largest absolute Gasteiger partial charge is 0.481 e. The third-order valence-corrected chi connectivity index (χ3v) is 7.06. The molecule has 9 nitrogen and oxygen atoms in total. The molecule has 156 valence electrons. The Kier molecular flexibility index (Phi) is 6.02. The summed E-state index contributed by atoms with van der Waals surface area (Å²) in [6.45, 7) is -0.00510. The maximum absolute atomic E-state index is 12.8. The Morgan fingerprint density at radius 2 is 1.93 bits per heavy atom. The van der Waals surface area contributed by atoms with Gasteiger partial charge in [-0.1, -0.05) is 12.5 Å². The van der Waals surface area contributed by atoms with Gasteiger partial charge in [-0.05, 0) is 31.4 Å². The predicted octanol–water partition coefficient (Wildman–Crippen LogP) is 0.866. The molecule has 1 aromatic carbocycles. The number of carbonyl (C=O) groups excluding carboxylic acids is 3. The predicted molar refractivity (Wildman–Crippen MR) is 101 cm³/mol. The highest BCUT2D eigenvalue weighted by molar-refractivity contribution is 7.91. The molecule has 0 spiro atoms. The Bertz CT molecular complexity index is 971. The lowest BCUT2D eigenvalue weighted by Crippen LogP contribution is -2.52. The van der Waals surface area contributed by atoms with Crippen LogP contribution >= 0.6 is 0 Å². The van der Waals surface area contributed by atoms with Crippen molar-refractivity contribution in [3.05, 3.63) is 29.3 Å². The molecule has 0 aromatic heterocycles. The number of rotatable bonds is 8. The number of amides is 3. The lowest BCUT2D eigenvalue weighted by atomic mass is 10.0. The van der Waals surface area contributed by atoms with Gasteiger partial charge in [-0.15, -0.1) is 0 Å². The molecule has 3 amide bonds. The summed E-state index contributed by atoms with van der Waals surface area (Å²) < 4.78 is 25.6. The summed E-state index contributed by atoms with van der Waals surface area (Å²) in [7, 11) is -3.67. The van der Waals surface area contributed by atoms with Gasteiger partial charge in [-0.25, -0.2) is 8.42 Å². The molecule has 2 N–H and O–H groups in total. The van der Waals surface area contributed by atoms with Crippen LogP contribution in [0, 0.1) is 0 Å². The zero-order valence-electron chi connectivity index (χ0n) is 15.7. The number of hydrogen-bond acceptors (Lipinski definition) is 6. The van der Waals surface area contributed by atoms with E-state index in [4.69, 9.17) is 5.11 Å². The molecule has 1 saturated heterocycles. The summed E-state index contributed by atoms with van der Waals surface area (Å²) in [6, 6.07) is 3.68. The number of carbonyl (C=O) groups is 4. The van der Waals surface area contributed by atoms with Gasteiger partial charge >= 0.3 is 5.97 Å². The topological polar surface area (TPSA) is 138 Å². The number of aliphatic carboxylic acids is 1. The SMILES string of the molecule is O=C(O)CCCCCS(=O)(=O)c1cccc2c1CN(C1CCC(=O)NC1=O)C2=O. The Morgan fingerprint density at radius 1 is 1.17 bits per heavy atom. The van der Waals surface area contributed by atoms with Crippen LogP contribution in [0.4, 0.5) is 0 Å². The minimum Gasteiger partial charge on any atom is -0.481 e. The zero-order chi connectivity index (χ0) is 21.2. The molecule has 2 heterocycles. The van der Waals surface area contributed by atoms with Crippen LogP contribution in [0.15, 0.2) is 23.1 Å². The number of nitrogens with zero attached hydrogens (tertiary/aromatic N) is 1. The summed E-state index contributed by atoms with van der Waals surface area (Å²) >= 11 is 0. The number of hydrogen-bond donors (Lipinski definition) is 2. The molecule has 1 atom stereocenters. The van der Waals surface area contributed by atoms with Gasteiger partial charge in [0.2, 0.25) is 11.8 Å². The second-order valence-electron chi connectivity index (χ2n) is 7.21. The van der Waals surface area contributed by atoms with Crippen LogP contribution in [0.1, 0.15) is 54.4 Å². The first kappa shape index (κ1) is 21.0. The Hall–Kier alpha value is -2.75. The van der Waals surface area contributed by atoms with E-state index in [9.17, 15) is 27.6 Å². The number of carboxylic acids is 1. The molecular formula is C19H22N2O7S. The summed E-state index contributed by atoms with van der Waals surface area (Å²) in [5.74, 6) is -2.42. The van der Waals surface area contributed by atoms with Crippen molar-refractivity contribution in [2.24, 2.45) is 0 Å². The van der Waals surface area contributed by atoms with Gasteiger partial charge in [0.1, 0.15) is 6.04 Å². The lowest BCUT2D eigenvalue weighted by Gasteiger charge is -2.29. The van der Waals surface area contributed by atoms with Gasteiger partial charge < -0.3 is 10.0 Å². The van der Waals surface area contributed by atoms with E-state index < -0.39 is 33.7 Å². The van der Waals surface area contributed by atoms with Gasteiger partial charge in [0.25, 0.3) is 5.91 Å². The van der Waals surface area contributed by atoms with Crippen molar-refractivity contribution < 1.29 is 32.7 Å². The smallest absolute Gasteiger partial charge is 0.303 e. The van der Waals surface area contributed by atoms with Gasteiger partial charge in [-0.3, -0.25) is 24.5 Å². The van der Waals surface area contributed by atoms with Gasteiger partial charge in [-0.2, -0.15) is 0 Å². The average molecular weight is 422 g/mol. The standard InChI is InChI=1S/C19H22N2O7S/c22-16-9-8-14(18(25)20-16)21-11-13-12(19(21)26)5-4-6-15(13)29(27,28)10-3-1-2-7-17(23)24/h4-6,14H,1-3,7-11H2,(H,23,24)(H,20,22,25). The van der Waals surface area contributed by atoms with E-state index in [2.05, 4.69) is 5.32 Å². The van der Waals surface area contributed by atoms with Crippen LogP contribution in [0.25, 0.3) is 0 Å². The Morgan fingerprint density at radius 3 is 2.62 bits per heavy atom. The van der Waals surface area contributed by atoms with Crippen molar-refractivity contribution in [3.8, 4) is 0 Å². The molecule has 2 aliphatic rings. The summed E-state index contributed by atoms with van der Waals surface area (Å²) in [6.07, 6.45) is 1.52. The van der Waals surface area contributed by atoms with E-state index in [0.29, 0.717) is 24.8 Å². The number of benzene rings is 1. The number of nitrogens with one attached hydrogen (secondary N) is 1. The van der Waals surface area contributed by atoms with E-state index in [-0.39, 0.29) is 47.9 Å². The molecule has 1 unspecified atom stereocenters. The number of imide groups is 1. The normalized spacial score (nSPS) is 19.2. The Labute approximate surface area is 168 Å². The van der Waals surface area contributed by atoms with Gasteiger partial charge in [0.15, 0.2) is 9.84 Å². The van der Waals surface area contributed by atoms with Crippen molar-refractivity contribution in [1.29, 1.82) is 0 Å². The summed E-state index contributed by atoms with van der Waals surface area (Å²) in [4.78, 5) is 48.2. The summed E-state index contributed by atoms with van der Waals surface area (Å²) in [5, 5.41) is 10.9. The fourth-order valence-electron chi connectivity index (χ4n) is 3.70. The van der Waals surface area contributed by atoms with Crippen molar-refractivity contribution in [2.45, 2.75) is 56.0 Å². The molecule has 2 aliphatic heterocycles. The minimum atomic E-state index is -3.67. The average Bonchev–Trinajstić information content (AvgIpc) is 2.98. The van der Waals surface area contributed by atoms with Crippen LogP contribution < -0.4 is 5.32 Å². The van der Waals surface area contributed by atoms with Crippen molar-refractivity contribution in [2.75, 3.05) is 5.75 Å². The highest BCUT2D eigenvalue weighted by Crippen LogP contribution is 2.32. The molecule has 0 radical (unpaired) electrons. The first-order valence-electron chi connectivity index (χ1n) is 9.42. The molecule has 0 aliphatic carbocycles. The maximum Gasteiger partial charge on any atom is 0.303 e. The van der Waals surface area contributed by atoms with E-state index in [1.807, 2.05) is 0 Å². The fraction of sp³-hybridized carbons (Fsp3) is 0.474. The molecule has 1 fully saturated rings. The van der Waals surface area contributed by atoms with Crippen molar-refractivity contribution in [1.82, 2.24) is 10.2 Å². The first-order chi connectivity index (χ1) is 13.7. The summed E-state index contributed by atoms with van der Waals surface area (Å²) in [5.41, 5.74) is 0.620. The van der Waals surface area contributed by atoms with Crippen LogP contribution in [0.3, 0.4) is 0 Å². The number of piperidine rings is 1. The van der Waals surface area contributed by atoms with Gasteiger partial charge in [0, 0.05) is 30.5 Å². The molecule has 0 bridgehead atoms. The van der Waals surface area contributed by atoms with Gasteiger partial charge in [0.05, 0.1) is 10.6 Å². The molecule has 1 aromatic rings. The Balaban J connectivity index is 1.75. The first-order valence-corrected chi connectivity index (χ1v) is 11.1. The fourth-order valence-corrected chi connectivity index (χ4v) is 5.34. The van der Waals surface area contributed by atoms with Crippen molar-refractivity contribution in [3.63, 3.8) is 0 Å². The molecule has 3 rings (SSSR count). The molecule has 10 heteroatoms. The molecule has 0 saturated carbocycles. The van der Waals surface area contributed by atoms with E-state index in [0.717, 1.165) is 0 Å². The van der Waals surface area contributed by atoms with Crippen LogP contribution in [-0.4, -0.2) is 53.9 Å². The maximum atomic E-state index is 12.8. The van der Waals surface area contributed by atoms with Crippen LogP contribution in [0.5, 0.6) is 0 Å². The van der Waals surface area contributed by atoms with E-state index >= 15 is 0 Å². The third-order valence-electron chi connectivity index (χ3n) is 5.18. The molecule has 29 heavy (non-hydrogen) atoms. The quantitative estimate of drug-likeness (QED) is 0.468. The van der Waals surface area contributed by atoms with E-state index in [1.165, 1.54) is 23.1 Å². The van der Waals surface area contributed by atoms with Crippen LogP contribution in [-0.2, 0) is 30.8 Å². The minimum absolute atomic E-state index is 0.00377. The zero-order valence-corrected chi connectivity index (χ0v) is 16.5. The van der Waals surface area contributed by atoms with E-state index in [1.54, 1.807) is 0 Å². The molecular weight excluding hydrogens is 400 g/mol. The highest BCUT2D eigenvalue weighted by Gasteiger charge is 2.40. The number of unbranched alkanes of at least 4 members (excludes halogenated alkanes) is 2. The third kappa shape index (κ3) is 4.47. The second-order valence-corrected chi connectivity index (χ2v) is 9.28. The highest BCUT2D eigenvalue weighted by atomic mass is 32.2. The lowest BCUT2D eigenvalue weighted by molar-refractivity contribution is -0.138. The second kappa shape index (κ2) is 8.32. The number of sulfone groups is 1. The van der Waals surface area contributed by atoms with Crippen molar-refractivity contribution >= 4 is 33.5 Å².